The van der Waals surface area contributed by atoms with Crippen molar-refractivity contribution in [1.29, 1.82) is 0 Å². The SMILES string of the molecule is CCOC(=O)CCc1cn(CCC(=O)O)c2cc(Cl)cc(Cl)c12. The average molecular weight is 358 g/mol. The molecule has 5 nitrogen and oxygen atoms in total. The molecule has 1 aromatic heterocycles. The van der Waals surface area contributed by atoms with Crippen molar-refractivity contribution in [2.24, 2.45) is 0 Å². The third kappa shape index (κ3) is 4.39. The van der Waals surface area contributed by atoms with E-state index >= 15 is 0 Å². The first-order chi connectivity index (χ1) is 10.9. The second-order valence-electron chi connectivity index (χ2n) is 5.08. The molecule has 0 bridgehead atoms. The van der Waals surface area contributed by atoms with Crippen LogP contribution in [0.1, 0.15) is 25.3 Å². The van der Waals surface area contributed by atoms with Crippen molar-refractivity contribution in [1.82, 2.24) is 4.57 Å². The molecule has 23 heavy (non-hydrogen) atoms. The molecule has 2 aromatic rings. The molecule has 0 fully saturated rings. The van der Waals surface area contributed by atoms with E-state index in [0.717, 1.165) is 16.5 Å². The third-order valence-electron chi connectivity index (χ3n) is 3.45. The van der Waals surface area contributed by atoms with Crippen LogP contribution in [0.25, 0.3) is 10.9 Å². The fourth-order valence-electron chi connectivity index (χ4n) is 2.49. The van der Waals surface area contributed by atoms with Gasteiger partial charge in [0.1, 0.15) is 0 Å². The Morgan fingerprint density at radius 1 is 1.26 bits per heavy atom. The summed E-state index contributed by atoms with van der Waals surface area (Å²) in [6, 6.07) is 3.39. The van der Waals surface area contributed by atoms with E-state index in [9.17, 15) is 9.59 Å². The van der Waals surface area contributed by atoms with Crippen LogP contribution in [0.2, 0.25) is 10.0 Å². The Kier molecular flexibility index (Phi) is 5.91. The van der Waals surface area contributed by atoms with Crippen molar-refractivity contribution < 1.29 is 19.4 Å². The highest BCUT2D eigenvalue weighted by Crippen LogP contribution is 2.33. The summed E-state index contributed by atoms with van der Waals surface area (Å²) >= 11 is 12.3. The zero-order valence-electron chi connectivity index (χ0n) is 12.6. The van der Waals surface area contributed by atoms with Crippen LogP contribution in [-0.2, 0) is 27.3 Å². The van der Waals surface area contributed by atoms with Crippen molar-refractivity contribution in [3.63, 3.8) is 0 Å². The molecule has 0 unspecified atom stereocenters. The number of carboxylic acids is 1. The monoisotopic (exact) mass is 357 g/mol. The predicted molar refractivity (Wildman–Crippen MR) is 89.2 cm³/mol. The molecule has 0 aliphatic carbocycles. The quantitative estimate of drug-likeness (QED) is 0.762. The lowest BCUT2D eigenvalue weighted by atomic mass is 10.1. The number of carboxylic acid groups (broad SMARTS) is 1. The van der Waals surface area contributed by atoms with Crippen LogP contribution in [0.5, 0.6) is 0 Å². The molecule has 1 heterocycles. The van der Waals surface area contributed by atoms with Gasteiger partial charge in [0.2, 0.25) is 0 Å². The lowest BCUT2D eigenvalue weighted by Gasteiger charge is -2.04. The standard InChI is InChI=1S/C16H17Cl2NO4/c1-2-23-15(22)4-3-10-9-19(6-5-14(20)21)13-8-11(17)7-12(18)16(10)13/h7-9H,2-6H2,1H3,(H,20,21). The van der Waals surface area contributed by atoms with Crippen LogP contribution in [0.3, 0.4) is 0 Å². The summed E-state index contributed by atoms with van der Waals surface area (Å²) in [5, 5.41) is 10.6. The summed E-state index contributed by atoms with van der Waals surface area (Å²) in [6.45, 7) is 2.41. The largest absolute Gasteiger partial charge is 0.481 e. The Labute approximate surface area is 143 Å². The number of aliphatic carboxylic acids is 1. The first-order valence-electron chi connectivity index (χ1n) is 7.26. The minimum absolute atomic E-state index is 0.00870. The number of halogens is 2. The molecule has 0 aliphatic heterocycles. The Bertz CT molecular complexity index is 739. The molecule has 0 aliphatic rings. The van der Waals surface area contributed by atoms with E-state index in [0.29, 0.717) is 29.6 Å². The lowest BCUT2D eigenvalue weighted by Crippen LogP contribution is -2.05. The number of hydrogen-bond donors (Lipinski definition) is 1. The molecule has 7 heteroatoms. The van der Waals surface area contributed by atoms with Crippen LogP contribution >= 0.6 is 23.2 Å². The minimum Gasteiger partial charge on any atom is -0.481 e. The zero-order chi connectivity index (χ0) is 17.0. The lowest BCUT2D eigenvalue weighted by molar-refractivity contribution is -0.143. The maximum absolute atomic E-state index is 11.6. The van der Waals surface area contributed by atoms with Crippen molar-refractivity contribution in [2.45, 2.75) is 32.7 Å². The van der Waals surface area contributed by atoms with Gasteiger partial charge >= 0.3 is 11.9 Å². The third-order valence-corrected chi connectivity index (χ3v) is 3.96. The van der Waals surface area contributed by atoms with E-state index in [-0.39, 0.29) is 18.8 Å². The minimum atomic E-state index is -0.881. The van der Waals surface area contributed by atoms with Crippen LogP contribution in [0.4, 0.5) is 0 Å². The molecule has 0 amide bonds. The molecule has 0 saturated carbocycles. The topological polar surface area (TPSA) is 68.5 Å². The summed E-state index contributed by atoms with van der Waals surface area (Å²) < 4.78 is 6.74. The van der Waals surface area contributed by atoms with Crippen LogP contribution < -0.4 is 0 Å². The van der Waals surface area contributed by atoms with Crippen molar-refractivity contribution in [3.8, 4) is 0 Å². The van der Waals surface area contributed by atoms with Gasteiger partial charge in [-0.15, -0.1) is 0 Å². The average Bonchev–Trinajstić information content (AvgIpc) is 2.81. The van der Waals surface area contributed by atoms with Crippen LogP contribution in [0.15, 0.2) is 18.3 Å². The zero-order valence-corrected chi connectivity index (χ0v) is 14.2. The van der Waals surface area contributed by atoms with E-state index < -0.39 is 5.97 Å². The van der Waals surface area contributed by atoms with Crippen molar-refractivity contribution in [2.75, 3.05) is 6.61 Å². The molecule has 0 radical (unpaired) electrons. The van der Waals surface area contributed by atoms with E-state index in [4.69, 9.17) is 33.0 Å². The number of carbonyl (C=O) groups is 2. The molecular formula is C16H17Cl2NO4. The molecule has 0 atom stereocenters. The molecule has 2 rings (SSSR count). The Morgan fingerprint density at radius 2 is 2.00 bits per heavy atom. The summed E-state index contributed by atoms with van der Waals surface area (Å²) in [5.74, 6) is -1.16. The normalized spacial score (nSPS) is 10.9. The summed E-state index contributed by atoms with van der Waals surface area (Å²) in [4.78, 5) is 22.4. The second kappa shape index (κ2) is 7.70. The fraction of sp³-hybridized carbons (Fsp3) is 0.375. The van der Waals surface area contributed by atoms with E-state index in [1.54, 1.807) is 19.1 Å². The number of esters is 1. The van der Waals surface area contributed by atoms with Gasteiger partial charge in [-0.1, -0.05) is 23.2 Å². The van der Waals surface area contributed by atoms with Crippen molar-refractivity contribution >= 4 is 46.0 Å². The van der Waals surface area contributed by atoms with E-state index in [1.165, 1.54) is 0 Å². The van der Waals surface area contributed by atoms with Gasteiger partial charge in [0.05, 0.1) is 23.6 Å². The molecule has 0 spiro atoms. The Morgan fingerprint density at radius 3 is 2.65 bits per heavy atom. The molecule has 1 aromatic carbocycles. The predicted octanol–water partition coefficient (Wildman–Crippen LogP) is 3.92. The number of fused-ring (bicyclic) bond motifs is 1. The molecule has 1 N–H and O–H groups in total. The summed E-state index contributed by atoms with van der Waals surface area (Å²) in [7, 11) is 0. The maximum atomic E-state index is 11.6. The number of benzene rings is 1. The van der Waals surface area contributed by atoms with Crippen molar-refractivity contribution in [3.05, 3.63) is 33.9 Å². The number of aromatic nitrogens is 1. The van der Waals surface area contributed by atoms with Gasteiger partial charge in [-0.2, -0.15) is 0 Å². The van der Waals surface area contributed by atoms with Crippen LogP contribution in [-0.4, -0.2) is 28.2 Å². The number of hydrogen-bond acceptors (Lipinski definition) is 3. The highest BCUT2D eigenvalue weighted by molar-refractivity contribution is 6.38. The van der Waals surface area contributed by atoms with E-state index in [2.05, 4.69) is 0 Å². The van der Waals surface area contributed by atoms with Crippen LogP contribution in [0, 0.1) is 0 Å². The van der Waals surface area contributed by atoms with Gasteiger partial charge in [0.15, 0.2) is 0 Å². The highest BCUT2D eigenvalue weighted by atomic mass is 35.5. The van der Waals surface area contributed by atoms with E-state index in [1.807, 2.05) is 10.8 Å². The number of carbonyl (C=O) groups excluding carboxylic acids is 1. The first-order valence-corrected chi connectivity index (χ1v) is 8.02. The fourth-order valence-corrected chi connectivity index (χ4v) is 3.09. The van der Waals surface area contributed by atoms with Gasteiger partial charge in [0.25, 0.3) is 0 Å². The smallest absolute Gasteiger partial charge is 0.306 e. The molecular weight excluding hydrogens is 341 g/mol. The maximum Gasteiger partial charge on any atom is 0.306 e. The van der Waals surface area contributed by atoms with Gasteiger partial charge in [-0.05, 0) is 31.0 Å². The number of rotatable bonds is 7. The Balaban J connectivity index is 2.35. The Hall–Kier alpha value is -1.72. The second-order valence-corrected chi connectivity index (χ2v) is 5.92. The van der Waals surface area contributed by atoms with Gasteiger partial charge in [-0.25, -0.2) is 0 Å². The molecule has 0 saturated heterocycles. The number of aryl methyl sites for hydroxylation is 2. The first kappa shape index (κ1) is 17.6. The van der Waals surface area contributed by atoms with Gasteiger partial charge in [-0.3, -0.25) is 9.59 Å². The molecule has 124 valence electrons. The number of ether oxygens (including phenoxy) is 1. The van der Waals surface area contributed by atoms with Gasteiger partial charge < -0.3 is 14.4 Å². The highest BCUT2D eigenvalue weighted by Gasteiger charge is 2.15. The summed E-state index contributed by atoms with van der Waals surface area (Å²) in [6.07, 6.45) is 2.53. The number of nitrogens with zero attached hydrogens (tertiary/aromatic N) is 1. The van der Waals surface area contributed by atoms with Gasteiger partial charge in [0, 0.05) is 29.6 Å². The summed E-state index contributed by atoms with van der Waals surface area (Å²) in [5.41, 5.74) is 1.64.